The fraction of sp³-hybridized carbons (Fsp3) is 0.310. The molecule has 36 heavy (non-hydrogen) atoms. The summed E-state index contributed by atoms with van der Waals surface area (Å²) in [5.41, 5.74) is 2.85. The summed E-state index contributed by atoms with van der Waals surface area (Å²) >= 11 is 14.0. The lowest BCUT2D eigenvalue weighted by Gasteiger charge is -2.32. The van der Waals surface area contributed by atoms with Crippen LogP contribution in [0.5, 0.6) is 0 Å². The fourth-order valence-corrected chi connectivity index (χ4v) is 5.18. The number of halogens is 2. The second-order valence-electron chi connectivity index (χ2n) is 8.76. The molecule has 0 unspecified atom stereocenters. The van der Waals surface area contributed by atoms with Crippen molar-refractivity contribution in [2.24, 2.45) is 0 Å². The molecule has 0 aliphatic rings. The highest BCUT2D eigenvalue weighted by molar-refractivity contribution is 7.99. The van der Waals surface area contributed by atoms with Gasteiger partial charge in [0.2, 0.25) is 11.8 Å². The van der Waals surface area contributed by atoms with Gasteiger partial charge in [-0.05, 0) is 48.2 Å². The van der Waals surface area contributed by atoms with E-state index in [1.54, 1.807) is 11.0 Å². The van der Waals surface area contributed by atoms with Gasteiger partial charge in [-0.2, -0.15) is 0 Å². The molecule has 2 atom stereocenters. The quantitative estimate of drug-likeness (QED) is 0.274. The van der Waals surface area contributed by atoms with Gasteiger partial charge in [-0.15, -0.1) is 11.8 Å². The van der Waals surface area contributed by atoms with Crippen molar-refractivity contribution in [3.63, 3.8) is 0 Å². The summed E-state index contributed by atoms with van der Waals surface area (Å²) in [5, 5.41) is 4.37. The van der Waals surface area contributed by atoms with E-state index in [-0.39, 0.29) is 30.2 Å². The molecule has 0 bridgehead atoms. The Labute approximate surface area is 228 Å². The Morgan fingerprint density at radius 3 is 2.33 bits per heavy atom. The van der Waals surface area contributed by atoms with Crippen molar-refractivity contribution >= 4 is 46.8 Å². The normalized spacial score (nSPS) is 12.6. The third-order valence-corrected chi connectivity index (χ3v) is 7.53. The lowest BCUT2D eigenvalue weighted by Crippen LogP contribution is -2.52. The molecule has 0 radical (unpaired) electrons. The molecule has 3 rings (SSSR count). The van der Waals surface area contributed by atoms with Gasteiger partial charge in [-0.1, -0.05) is 90.8 Å². The zero-order valence-electron chi connectivity index (χ0n) is 20.6. The van der Waals surface area contributed by atoms with Crippen LogP contribution in [0.3, 0.4) is 0 Å². The first-order valence-corrected chi connectivity index (χ1v) is 14.0. The van der Waals surface area contributed by atoms with E-state index in [1.165, 1.54) is 11.8 Å². The molecule has 0 aliphatic heterocycles. The topological polar surface area (TPSA) is 49.4 Å². The van der Waals surface area contributed by atoms with Gasteiger partial charge in [-0.25, -0.2) is 0 Å². The second kappa shape index (κ2) is 14.3. The number of hydrogen-bond donors (Lipinski definition) is 1. The van der Waals surface area contributed by atoms with Crippen molar-refractivity contribution in [1.29, 1.82) is 0 Å². The number of nitrogens with zero attached hydrogens (tertiary/aromatic N) is 1. The summed E-state index contributed by atoms with van der Waals surface area (Å²) in [6.07, 6.45) is 1.23. The third kappa shape index (κ3) is 8.58. The van der Waals surface area contributed by atoms with Gasteiger partial charge in [0.15, 0.2) is 0 Å². The van der Waals surface area contributed by atoms with E-state index >= 15 is 0 Å². The Morgan fingerprint density at radius 1 is 0.944 bits per heavy atom. The number of rotatable bonds is 12. The molecule has 0 aliphatic carbocycles. The maximum atomic E-state index is 13.7. The van der Waals surface area contributed by atoms with E-state index in [1.807, 2.05) is 86.6 Å². The van der Waals surface area contributed by atoms with Crippen LogP contribution in [0.2, 0.25) is 10.0 Å². The minimum Gasteiger partial charge on any atom is -0.352 e. The SMILES string of the molecule is CC[C@@H](C)NC(=O)[C@@H](Cc1ccccc1)N(Cc1cccc(Cl)c1)C(=O)CSCc1ccccc1Cl. The number of amides is 2. The zero-order valence-corrected chi connectivity index (χ0v) is 23.0. The van der Waals surface area contributed by atoms with Crippen molar-refractivity contribution in [3.05, 3.63) is 106 Å². The molecule has 0 saturated carbocycles. The van der Waals surface area contributed by atoms with Crippen LogP contribution in [-0.4, -0.2) is 34.6 Å². The zero-order chi connectivity index (χ0) is 25.9. The van der Waals surface area contributed by atoms with E-state index in [4.69, 9.17) is 23.2 Å². The Hall–Kier alpha value is -2.47. The van der Waals surface area contributed by atoms with Gasteiger partial charge in [0.25, 0.3) is 0 Å². The molecule has 3 aromatic carbocycles. The second-order valence-corrected chi connectivity index (χ2v) is 10.6. The Balaban J connectivity index is 1.86. The Kier molecular flexibility index (Phi) is 11.2. The summed E-state index contributed by atoms with van der Waals surface area (Å²) < 4.78 is 0. The number of carbonyl (C=O) groups is 2. The first-order chi connectivity index (χ1) is 17.4. The number of carbonyl (C=O) groups excluding carboxylic acids is 2. The van der Waals surface area contributed by atoms with Crippen molar-refractivity contribution in [3.8, 4) is 0 Å². The lowest BCUT2D eigenvalue weighted by atomic mass is 10.0. The van der Waals surface area contributed by atoms with Crippen LogP contribution in [0.1, 0.15) is 37.0 Å². The van der Waals surface area contributed by atoms with Crippen molar-refractivity contribution in [2.45, 2.75) is 51.1 Å². The van der Waals surface area contributed by atoms with Crippen molar-refractivity contribution < 1.29 is 9.59 Å². The van der Waals surface area contributed by atoms with Gasteiger partial charge < -0.3 is 10.2 Å². The number of benzene rings is 3. The number of hydrogen-bond acceptors (Lipinski definition) is 3. The molecule has 2 amide bonds. The van der Waals surface area contributed by atoms with Crippen LogP contribution < -0.4 is 5.32 Å². The average Bonchev–Trinajstić information content (AvgIpc) is 2.87. The van der Waals surface area contributed by atoms with E-state index in [2.05, 4.69) is 5.32 Å². The standard InChI is InChI=1S/C29H32Cl2N2O2S/c1-3-21(2)32-29(35)27(17-22-10-5-4-6-11-22)33(18-23-12-9-14-25(30)16-23)28(34)20-36-19-24-13-7-8-15-26(24)31/h4-16,21,27H,3,17-20H2,1-2H3,(H,32,35)/t21-,27-/m1/s1. The van der Waals surface area contributed by atoms with E-state index in [0.29, 0.717) is 22.2 Å². The van der Waals surface area contributed by atoms with Crippen LogP contribution in [0.15, 0.2) is 78.9 Å². The molecule has 0 heterocycles. The number of nitrogens with one attached hydrogen (secondary N) is 1. The third-order valence-electron chi connectivity index (χ3n) is 5.96. The highest BCUT2D eigenvalue weighted by Crippen LogP contribution is 2.23. The first kappa shape index (κ1) is 28.1. The Bertz CT molecular complexity index is 1140. The van der Waals surface area contributed by atoms with E-state index in [9.17, 15) is 9.59 Å². The largest absolute Gasteiger partial charge is 0.352 e. The van der Waals surface area contributed by atoms with Gasteiger partial charge >= 0.3 is 0 Å². The van der Waals surface area contributed by atoms with Crippen LogP contribution in [-0.2, 0) is 28.3 Å². The highest BCUT2D eigenvalue weighted by atomic mass is 35.5. The van der Waals surface area contributed by atoms with Crippen LogP contribution >= 0.6 is 35.0 Å². The van der Waals surface area contributed by atoms with Gasteiger partial charge in [0.05, 0.1) is 5.75 Å². The first-order valence-electron chi connectivity index (χ1n) is 12.1. The monoisotopic (exact) mass is 542 g/mol. The molecule has 3 aromatic rings. The van der Waals surface area contributed by atoms with E-state index in [0.717, 1.165) is 23.1 Å². The molecule has 4 nitrogen and oxygen atoms in total. The number of thioether (sulfide) groups is 1. The van der Waals surface area contributed by atoms with E-state index < -0.39 is 6.04 Å². The molecular formula is C29H32Cl2N2O2S. The highest BCUT2D eigenvalue weighted by Gasteiger charge is 2.31. The minimum absolute atomic E-state index is 0.00786. The van der Waals surface area contributed by atoms with Gasteiger partial charge in [0.1, 0.15) is 6.04 Å². The maximum absolute atomic E-state index is 13.7. The Morgan fingerprint density at radius 2 is 1.64 bits per heavy atom. The summed E-state index contributed by atoms with van der Waals surface area (Å²) in [4.78, 5) is 28.9. The van der Waals surface area contributed by atoms with Gasteiger partial charge in [0, 0.05) is 34.8 Å². The predicted molar refractivity (Wildman–Crippen MR) is 151 cm³/mol. The van der Waals surface area contributed by atoms with Crippen molar-refractivity contribution in [1.82, 2.24) is 10.2 Å². The lowest BCUT2D eigenvalue weighted by molar-refractivity contribution is -0.139. The minimum atomic E-state index is -0.659. The molecule has 0 fully saturated rings. The smallest absolute Gasteiger partial charge is 0.243 e. The maximum Gasteiger partial charge on any atom is 0.243 e. The summed E-state index contributed by atoms with van der Waals surface area (Å²) in [6.45, 7) is 4.29. The molecule has 0 spiro atoms. The molecule has 0 aromatic heterocycles. The van der Waals surface area contributed by atoms with Crippen LogP contribution in [0.4, 0.5) is 0 Å². The van der Waals surface area contributed by atoms with Gasteiger partial charge in [-0.3, -0.25) is 9.59 Å². The van der Waals surface area contributed by atoms with Crippen LogP contribution in [0.25, 0.3) is 0 Å². The molecule has 190 valence electrons. The summed E-state index contributed by atoms with van der Waals surface area (Å²) in [6, 6.07) is 24.2. The molecule has 7 heteroatoms. The van der Waals surface area contributed by atoms with Crippen molar-refractivity contribution in [2.75, 3.05) is 5.75 Å². The predicted octanol–water partition coefficient (Wildman–Crippen LogP) is 6.78. The molecule has 0 saturated heterocycles. The van der Waals surface area contributed by atoms with Crippen LogP contribution in [0, 0.1) is 0 Å². The average molecular weight is 544 g/mol. The molecular weight excluding hydrogens is 511 g/mol. The fourth-order valence-electron chi connectivity index (χ4n) is 3.77. The summed E-state index contributed by atoms with van der Waals surface area (Å²) in [5.74, 6) is 0.582. The summed E-state index contributed by atoms with van der Waals surface area (Å²) in [7, 11) is 0. The molecule has 1 N–H and O–H groups in total.